The van der Waals surface area contributed by atoms with Crippen molar-refractivity contribution in [1.29, 1.82) is 0 Å². The normalized spacial score (nSPS) is 13.1. The van der Waals surface area contributed by atoms with Gasteiger partial charge >= 0.3 is 0 Å². The number of ether oxygens (including phenoxy) is 4. The van der Waals surface area contributed by atoms with E-state index in [1.807, 2.05) is 42.5 Å². The van der Waals surface area contributed by atoms with Gasteiger partial charge in [-0.15, -0.1) is 0 Å². The number of nitrogens with zero attached hydrogens (tertiary/aromatic N) is 1. The summed E-state index contributed by atoms with van der Waals surface area (Å²) in [6.07, 6.45) is 8.35. The van der Waals surface area contributed by atoms with Crippen LogP contribution >= 0.6 is 0 Å². The minimum absolute atomic E-state index is 0.467. The van der Waals surface area contributed by atoms with Crippen LogP contribution in [-0.2, 0) is 29.3 Å². The van der Waals surface area contributed by atoms with Crippen LogP contribution in [0.5, 0.6) is 11.5 Å². The third-order valence-corrected chi connectivity index (χ3v) is 7.10. The zero-order chi connectivity index (χ0) is 26.5. The third-order valence-electron chi connectivity index (χ3n) is 7.10. The van der Waals surface area contributed by atoms with E-state index in [-0.39, 0.29) is 0 Å². The Balaban J connectivity index is 1.10. The number of aromatic nitrogens is 1. The largest absolute Gasteiger partial charge is 0.494 e. The van der Waals surface area contributed by atoms with Crippen molar-refractivity contribution in [2.75, 3.05) is 19.8 Å². The molecule has 5 nitrogen and oxygen atoms in total. The Morgan fingerprint density at radius 1 is 0.692 bits per heavy atom. The van der Waals surface area contributed by atoms with E-state index in [0.717, 1.165) is 47.1 Å². The zero-order valence-electron chi connectivity index (χ0n) is 22.5. The summed E-state index contributed by atoms with van der Waals surface area (Å²) >= 11 is 0. The molecule has 0 aliphatic heterocycles. The fourth-order valence-electron chi connectivity index (χ4n) is 4.57. The van der Waals surface area contributed by atoms with Crippen molar-refractivity contribution in [3.63, 3.8) is 0 Å². The molecule has 0 amide bonds. The first kappa shape index (κ1) is 26.9. The van der Waals surface area contributed by atoms with Crippen molar-refractivity contribution in [1.82, 2.24) is 4.98 Å². The second-order valence-electron chi connectivity index (χ2n) is 10.0. The van der Waals surface area contributed by atoms with Crippen LogP contribution in [-0.4, -0.2) is 24.8 Å². The molecule has 202 valence electrons. The van der Waals surface area contributed by atoms with Crippen molar-refractivity contribution in [2.45, 2.75) is 45.5 Å². The van der Waals surface area contributed by atoms with Crippen LogP contribution in [0.25, 0.3) is 11.1 Å². The van der Waals surface area contributed by atoms with Crippen LogP contribution in [0.15, 0.2) is 97.3 Å². The highest BCUT2D eigenvalue weighted by Crippen LogP contribution is 2.31. The second kappa shape index (κ2) is 14.5. The summed E-state index contributed by atoms with van der Waals surface area (Å²) in [5, 5.41) is 0. The fraction of sp³-hybridized carbons (Fsp3) is 0.324. The average Bonchev–Trinajstić information content (AvgIpc) is 2.96. The van der Waals surface area contributed by atoms with E-state index < -0.39 is 0 Å². The van der Waals surface area contributed by atoms with Crippen LogP contribution in [0.4, 0.5) is 0 Å². The first-order valence-electron chi connectivity index (χ1n) is 13.9. The maximum atomic E-state index is 6.28. The van der Waals surface area contributed by atoms with Gasteiger partial charge in [0.2, 0.25) is 0 Å². The van der Waals surface area contributed by atoms with Crippen LogP contribution in [0, 0.1) is 5.92 Å². The lowest BCUT2D eigenvalue weighted by Crippen LogP contribution is -2.17. The summed E-state index contributed by atoms with van der Waals surface area (Å²) in [4.78, 5) is 4.31. The fourth-order valence-corrected chi connectivity index (χ4v) is 4.57. The number of hydrogen-bond donors (Lipinski definition) is 0. The maximum Gasteiger partial charge on any atom is 0.145 e. The maximum absolute atomic E-state index is 6.28. The monoisotopic (exact) mass is 523 g/mol. The average molecular weight is 524 g/mol. The van der Waals surface area contributed by atoms with E-state index in [1.165, 1.54) is 30.4 Å². The van der Waals surface area contributed by atoms with Gasteiger partial charge in [0.05, 0.1) is 32.6 Å². The molecule has 1 aromatic heterocycles. The molecule has 1 fully saturated rings. The van der Waals surface area contributed by atoms with Crippen molar-refractivity contribution < 1.29 is 18.9 Å². The quantitative estimate of drug-likeness (QED) is 0.150. The summed E-state index contributed by atoms with van der Waals surface area (Å²) in [7, 11) is 0. The second-order valence-corrected chi connectivity index (χ2v) is 10.0. The van der Waals surface area contributed by atoms with Crippen LogP contribution in [0.3, 0.4) is 0 Å². The van der Waals surface area contributed by atoms with Gasteiger partial charge in [0, 0.05) is 24.8 Å². The van der Waals surface area contributed by atoms with Crippen LogP contribution in [0.2, 0.25) is 0 Å². The van der Waals surface area contributed by atoms with E-state index in [4.69, 9.17) is 18.9 Å². The molecule has 5 rings (SSSR count). The number of rotatable bonds is 15. The molecule has 1 heterocycles. The molecule has 0 N–H and O–H groups in total. The van der Waals surface area contributed by atoms with E-state index in [9.17, 15) is 0 Å². The van der Waals surface area contributed by atoms with Gasteiger partial charge in [0.15, 0.2) is 0 Å². The standard InChI is InChI=1S/C34H37NO4/c1-2-8-27(9-3-1)23-36-20-7-21-38-32-16-14-29(15-17-32)33-18-19-35-22-34(33)39-26-31-13-5-4-12-30(31)25-37-24-28-10-6-11-28/h1-5,8-9,12-19,22,28H,6-7,10-11,20-21,23-26H2. The highest BCUT2D eigenvalue weighted by Gasteiger charge is 2.17. The van der Waals surface area contributed by atoms with Gasteiger partial charge in [0.1, 0.15) is 18.1 Å². The molecule has 0 atom stereocenters. The van der Waals surface area contributed by atoms with E-state index >= 15 is 0 Å². The Morgan fingerprint density at radius 2 is 1.46 bits per heavy atom. The highest BCUT2D eigenvalue weighted by molar-refractivity contribution is 5.70. The van der Waals surface area contributed by atoms with Gasteiger partial charge in [-0.25, -0.2) is 0 Å². The lowest BCUT2D eigenvalue weighted by Gasteiger charge is -2.25. The summed E-state index contributed by atoms with van der Waals surface area (Å²) in [6.45, 7) is 3.85. The van der Waals surface area contributed by atoms with Crippen LogP contribution < -0.4 is 9.47 Å². The Morgan fingerprint density at radius 3 is 2.23 bits per heavy atom. The zero-order valence-corrected chi connectivity index (χ0v) is 22.5. The summed E-state index contributed by atoms with van der Waals surface area (Å²) in [5.74, 6) is 2.34. The minimum Gasteiger partial charge on any atom is -0.494 e. The molecule has 1 aliphatic rings. The van der Waals surface area contributed by atoms with E-state index in [1.54, 1.807) is 12.4 Å². The first-order valence-corrected chi connectivity index (χ1v) is 13.9. The van der Waals surface area contributed by atoms with E-state index in [0.29, 0.717) is 33.0 Å². The van der Waals surface area contributed by atoms with E-state index in [2.05, 4.69) is 47.4 Å². The number of pyridine rings is 1. The van der Waals surface area contributed by atoms with Gasteiger partial charge in [0.25, 0.3) is 0 Å². The smallest absolute Gasteiger partial charge is 0.145 e. The van der Waals surface area contributed by atoms with Gasteiger partial charge in [-0.3, -0.25) is 4.98 Å². The van der Waals surface area contributed by atoms with Crippen molar-refractivity contribution in [3.8, 4) is 22.6 Å². The van der Waals surface area contributed by atoms with Crippen molar-refractivity contribution in [2.24, 2.45) is 5.92 Å². The Hall–Kier alpha value is -3.67. The molecule has 0 unspecified atom stereocenters. The molecule has 3 aromatic carbocycles. The summed E-state index contributed by atoms with van der Waals surface area (Å²) < 4.78 is 23.9. The molecule has 1 saturated carbocycles. The summed E-state index contributed by atoms with van der Waals surface area (Å²) in [5.41, 5.74) is 5.56. The molecular formula is C34H37NO4. The Labute approximate surface area is 231 Å². The van der Waals surface area contributed by atoms with Gasteiger partial charge in [-0.1, -0.05) is 73.2 Å². The third kappa shape index (κ3) is 8.16. The minimum atomic E-state index is 0.467. The predicted molar refractivity (Wildman–Crippen MR) is 154 cm³/mol. The first-order chi connectivity index (χ1) is 19.3. The van der Waals surface area contributed by atoms with Gasteiger partial charge in [-0.2, -0.15) is 0 Å². The molecule has 0 saturated heterocycles. The molecule has 1 aliphatic carbocycles. The molecular weight excluding hydrogens is 486 g/mol. The lowest BCUT2D eigenvalue weighted by atomic mass is 9.86. The van der Waals surface area contributed by atoms with Crippen LogP contribution in [0.1, 0.15) is 42.4 Å². The Bertz CT molecular complexity index is 1270. The number of hydrogen-bond acceptors (Lipinski definition) is 5. The molecule has 0 radical (unpaired) electrons. The topological polar surface area (TPSA) is 49.8 Å². The van der Waals surface area contributed by atoms with Crippen molar-refractivity contribution >= 4 is 0 Å². The molecule has 5 heteroatoms. The number of benzene rings is 3. The van der Waals surface area contributed by atoms with Gasteiger partial charge < -0.3 is 18.9 Å². The SMILES string of the molecule is c1ccc(COCCCOc2ccc(-c3ccncc3OCc3ccccc3COCC3CCC3)cc2)cc1. The molecule has 4 aromatic rings. The Kier molecular flexibility index (Phi) is 9.99. The molecule has 39 heavy (non-hydrogen) atoms. The highest BCUT2D eigenvalue weighted by atomic mass is 16.5. The van der Waals surface area contributed by atoms with Gasteiger partial charge in [-0.05, 0) is 59.2 Å². The summed E-state index contributed by atoms with van der Waals surface area (Å²) in [6, 6.07) is 28.7. The van der Waals surface area contributed by atoms with Crippen molar-refractivity contribution in [3.05, 3.63) is 114 Å². The molecule has 0 bridgehead atoms. The lowest BCUT2D eigenvalue weighted by molar-refractivity contribution is 0.0589. The molecule has 0 spiro atoms. The predicted octanol–water partition coefficient (Wildman–Crippen LogP) is 7.63.